The topological polar surface area (TPSA) is 26.0 Å². The molecule has 0 bridgehead atoms. The summed E-state index contributed by atoms with van der Waals surface area (Å²) < 4.78 is 25.6. The van der Waals surface area contributed by atoms with Gasteiger partial charge in [-0.05, 0) is 24.6 Å². The standard InChI is InChI=1S/C8H9F2N/c1-5-2-7(9)6(4-11)8(10)3-5/h2-3H,4,11H2,1H3. The van der Waals surface area contributed by atoms with Crippen LogP contribution in [0.25, 0.3) is 0 Å². The maximum Gasteiger partial charge on any atom is 0.130 e. The molecular weight excluding hydrogens is 148 g/mol. The molecule has 0 saturated carbocycles. The monoisotopic (exact) mass is 157 g/mol. The van der Waals surface area contributed by atoms with Gasteiger partial charge in [0, 0.05) is 12.1 Å². The molecule has 1 rings (SSSR count). The molecule has 1 aromatic carbocycles. The van der Waals surface area contributed by atoms with Crippen molar-refractivity contribution in [1.29, 1.82) is 0 Å². The second-order valence-corrected chi connectivity index (χ2v) is 2.41. The van der Waals surface area contributed by atoms with Gasteiger partial charge in [-0.2, -0.15) is 0 Å². The lowest BCUT2D eigenvalue weighted by molar-refractivity contribution is 0.555. The summed E-state index contributed by atoms with van der Waals surface area (Å²) >= 11 is 0. The van der Waals surface area contributed by atoms with Crippen molar-refractivity contribution >= 4 is 0 Å². The molecule has 0 atom stereocenters. The van der Waals surface area contributed by atoms with Gasteiger partial charge in [-0.25, -0.2) is 8.78 Å². The molecule has 0 spiro atoms. The summed E-state index contributed by atoms with van der Waals surface area (Å²) in [4.78, 5) is 0. The van der Waals surface area contributed by atoms with Gasteiger partial charge < -0.3 is 5.73 Å². The van der Waals surface area contributed by atoms with Crippen molar-refractivity contribution in [2.24, 2.45) is 5.73 Å². The third kappa shape index (κ3) is 1.54. The zero-order valence-corrected chi connectivity index (χ0v) is 6.20. The van der Waals surface area contributed by atoms with Gasteiger partial charge in [0.1, 0.15) is 11.6 Å². The Morgan fingerprint density at radius 2 is 1.73 bits per heavy atom. The quantitative estimate of drug-likeness (QED) is 0.660. The zero-order valence-electron chi connectivity index (χ0n) is 6.20. The maximum atomic E-state index is 12.8. The van der Waals surface area contributed by atoms with Crippen LogP contribution >= 0.6 is 0 Å². The first-order valence-corrected chi connectivity index (χ1v) is 3.29. The van der Waals surface area contributed by atoms with Crippen molar-refractivity contribution in [3.05, 3.63) is 34.9 Å². The average molecular weight is 157 g/mol. The molecule has 0 aromatic heterocycles. The molecule has 2 N–H and O–H groups in total. The Hall–Kier alpha value is -0.960. The second kappa shape index (κ2) is 2.96. The van der Waals surface area contributed by atoms with Crippen LogP contribution in [0.4, 0.5) is 8.78 Å². The Kier molecular flexibility index (Phi) is 2.19. The predicted octanol–water partition coefficient (Wildman–Crippen LogP) is 1.73. The van der Waals surface area contributed by atoms with Gasteiger partial charge in [-0.3, -0.25) is 0 Å². The van der Waals surface area contributed by atoms with Gasteiger partial charge in [0.15, 0.2) is 0 Å². The molecule has 3 heteroatoms. The van der Waals surface area contributed by atoms with Crippen LogP contribution in [0, 0.1) is 18.6 Å². The molecule has 1 nitrogen and oxygen atoms in total. The Morgan fingerprint density at radius 1 is 1.27 bits per heavy atom. The number of benzene rings is 1. The highest BCUT2D eigenvalue weighted by atomic mass is 19.1. The van der Waals surface area contributed by atoms with Gasteiger partial charge in [-0.1, -0.05) is 0 Å². The van der Waals surface area contributed by atoms with Crippen molar-refractivity contribution < 1.29 is 8.78 Å². The maximum absolute atomic E-state index is 12.8. The molecule has 0 fully saturated rings. The van der Waals surface area contributed by atoms with Gasteiger partial charge in [0.2, 0.25) is 0 Å². The fraction of sp³-hybridized carbons (Fsp3) is 0.250. The minimum absolute atomic E-state index is 0.0457. The van der Waals surface area contributed by atoms with E-state index in [0.29, 0.717) is 5.56 Å². The molecule has 0 saturated heterocycles. The first-order chi connectivity index (χ1) is 5.15. The summed E-state index contributed by atoms with van der Waals surface area (Å²) in [6.45, 7) is 1.53. The van der Waals surface area contributed by atoms with Crippen LogP contribution in [-0.2, 0) is 6.54 Å². The van der Waals surface area contributed by atoms with Gasteiger partial charge >= 0.3 is 0 Å². The van der Waals surface area contributed by atoms with E-state index in [0.717, 1.165) is 0 Å². The molecular formula is C8H9F2N. The second-order valence-electron chi connectivity index (χ2n) is 2.41. The van der Waals surface area contributed by atoms with Crippen molar-refractivity contribution in [1.82, 2.24) is 0 Å². The number of nitrogens with two attached hydrogens (primary N) is 1. The van der Waals surface area contributed by atoms with Gasteiger partial charge in [-0.15, -0.1) is 0 Å². The van der Waals surface area contributed by atoms with E-state index < -0.39 is 11.6 Å². The minimum atomic E-state index is -0.565. The van der Waals surface area contributed by atoms with Crippen LogP contribution in [0.1, 0.15) is 11.1 Å². The fourth-order valence-electron chi connectivity index (χ4n) is 0.925. The van der Waals surface area contributed by atoms with Gasteiger partial charge in [0.05, 0.1) is 0 Å². The van der Waals surface area contributed by atoms with Crippen LogP contribution < -0.4 is 5.73 Å². The lowest BCUT2D eigenvalue weighted by Crippen LogP contribution is -2.03. The van der Waals surface area contributed by atoms with E-state index >= 15 is 0 Å². The predicted molar refractivity (Wildman–Crippen MR) is 39.0 cm³/mol. The Balaban J connectivity index is 3.25. The molecule has 0 aliphatic carbocycles. The molecule has 11 heavy (non-hydrogen) atoms. The minimum Gasteiger partial charge on any atom is -0.326 e. The first kappa shape index (κ1) is 8.14. The third-order valence-electron chi connectivity index (χ3n) is 1.49. The van der Waals surface area contributed by atoms with E-state index in [9.17, 15) is 8.78 Å². The summed E-state index contributed by atoms with van der Waals surface area (Å²) in [5.41, 5.74) is 5.64. The zero-order chi connectivity index (χ0) is 8.43. The first-order valence-electron chi connectivity index (χ1n) is 3.29. The summed E-state index contributed by atoms with van der Waals surface area (Å²) in [6, 6.07) is 2.54. The summed E-state index contributed by atoms with van der Waals surface area (Å²) in [5, 5.41) is 0. The molecule has 1 aromatic rings. The smallest absolute Gasteiger partial charge is 0.130 e. The van der Waals surface area contributed by atoms with Crippen LogP contribution in [0.5, 0.6) is 0 Å². The average Bonchev–Trinajstić information content (AvgIpc) is 1.85. The lowest BCUT2D eigenvalue weighted by Gasteiger charge is -2.01. The Bertz CT molecular complexity index is 248. The molecule has 0 aliphatic rings. The lowest BCUT2D eigenvalue weighted by atomic mass is 10.1. The van der Waals surface area contributed by atoms with Crippen LogP contribution in [0.15, 0.2) is 12.1 Å². The molecule has 0 amide bonds. The summed E-state index contributed by atoms with van der Waals surface area (Å²) in [6.07, 6.45) is 0. The third-order valence-corrected chi connectivity index (χ3v) is 1.49. The molecule has 0 unspecified atom stereocenters. The molecule has 0 radical (unpaired) electrons. The number of rotatable bonds is 1. The van der Waals surface area contributed by atoms with Crippen molar-refractivity contribution in [3.63, 3.8) is 0 Å². The van der Waals surface area contributed by atoms with Crippen molar-refractivity contribution in [3.8, 4) is 0 Å². The van der Waals surface area contributed by atoms with E-state index in [4.69, 9.17) is 5.73 Å². The highest BCUT2D eigenvalue weighted by Gasteiger charge is 2.06. The molecule has 60 valence electrons. The molecule has 0 aliphatic heterocycles. The summed E-state index contributed by atoms with van der Waals surface area (Å²) in [7, 11) is 0. The summed E-state index contributed by atoms with van der Waals surface area (Å²) in [5.74, 6) is -1.13. The number of hydrogen-bond donors (Lipinski definition) is 1. The number of hydrogen-bond acceptors (Lipinski definition) is 1. The number of aryl methyl sites for hydroxylation is 1. The van der Waals surface area contributed by atoms with Crippen LogP contribution in [0.2, 0.25) is 0 Å². The largest absolute Gasteiger partial charge is 0.326 e. The van der Waals surface area contributed by atoms with E-state index in [-0.39, 0.29) is 12.1 Å². The van der Waals surface area contributed by atoms with Crippen molar-refractivity contribution in [2.45, 2.75) is 13.5 Å². The number of halogens is 2. The van der Waals surface area contributed by atoms with E-state index in [1.54, 1.807) is 6.92 Å². The highest BCUT2D eigenvalue weighted by molar-refractivity contribution is 5.24. The van der Waals surface area contributed by atoms with Crippen LogP contribution in [-0.4, -0.2) is 0 Å². The SMILES string of the molecule is Cc1cc(F)c(CN)c(F)c1. The van der Waals surface area contributed by atoms with E-state index in [1.807, 2.05) is 0 Å². The fourth-order valence-corrected chi connectivity index (χ4v) is 0.925. The van der Waals surface area contributed by atoms with E-state index in [1.165, 1.54) is 12.1 Å². The van der Waals surface area contributed by atoms with Gasteiger partial charge in [0.25, 0.3) is 0 Å². The van der Waals surface area contributed by atoms with E-state index in [2.05, 4.69) is 0 Å². The normalized spacial score (nSPS) is 10.2. The van der Waals surface area contributed by atoms with Crippen LogP contribution in [0.3, 0.4) is 0 Å². The van der Waals surface area contributed by atoms with Crippen molar-refractivity contribution in [2.75, 3.05) is 0 Å². The molecule has 0 heterocycles. The highest BCUT2D eigenvalue weighted by Crippen LogP contribution is 2.13. The Morgan fingerprint density at radius 3 is 2.09 bits per heavy atom. The Labute approximate surface area is 63.8 Å².